The fraction of sp³-hybridized carbons (Fsp3) is 0.250. The van der Waals surface area contributed by atoms with Gasteiger partial charge in [0.05, 0.1) is 11.6 Å². The van der Waals surface area contributed by atoms with Gasteiger partial charge in [-0.2, -0.15) is 5.26 Å². The number of rotatable bonds is 10. The van der Waals surface area contributed by atoms with Gasteiger partial charge in [-0.1, -0.05) is 30.3 Å². The van der Waals surface area contributed by atoms with Crippen molar-refractivity contribution in [1.82, 2.24) is 9.13 Å². The van der Waals surface area contributed by atoms with Gasteiger partial charge in [-0.3, -0.25) is 13.9 Å². The summed E-state index contributed by atoms with van der Waals surface area (Å²) in [6.07, 6.45) is 0.260. The van der Waals surface area contributed by atoms with Crippen LogP contribution in [0.4, 0.5) is 11.5 Å². The number of benzene rings is 2. The van der Waals surface area contributed by atoms with Crippen LogP contribution >= 0.6 is 0 Å². The first-order valence-electron chi connectivity index (χ1n) is 10.3. The second kappa shape index (κ2) is 10.9. The molecular formula is C24H25N5O4. The van der Waals surface area contributed by atoms with Crippen LogP contribution in [0, 0.1) is 11.3 Å². The Balaban J connectivity index is 2.07. The van der Waals surface area contributed by atoms with Gasteiger partial charge in [-0.15, -0.1) is 0 Å². The SMILES string of the molecule is C=Nc1c(N(COc2ccc(C#N)cc2)Cc2ccccc2)c(=O)n(CCCO)c(=O)n1C. The third-order valence-corrected chi connectivity index (χ3v) is 5.09. The lowest BCUT2D eigenvalue weighted by atomic mass is 10.2. The predicted molar refractivity (Wildman–Crippen MR) is 126 cm³/mol. The molecule has 0 spiro atoms. The van der Waals surface area contributed by atoms with Gasteiger partial charge in [0.15, 0.2) is 12.5 Å². The van der Waals surface area contributed by atoms with E-state index in [0.29, 0.717) is 17.9 Å². The molecule has 170 valence electrons. The van der Waals surface area contributed by atoms with Crippen LogP contribution in [0.1, 0.15) is 17.5 Å². The Morgan fingerprint density at radius 3 is 2.45 bits per heavy atom. The molecule has 0 aliphatic carbocycles. The summed E-state index contributed by atoms with van der Waals surface area (Å²) in [6, 6.07) is 18.2. The zero-order valence-electron chi connectivity index (χ0n) is 18.3. The summed E-state index contributed by atoms with van der Waals surface area (Å²) in [6.45, 7) is 3.77. The van der Waals surface area contributed by atoms with Crippen molar-refractivity contribution < 1.29 is 9.84 Å². The minimum absolute atomic E-state index is 0.0171. The molecule has 1 aromatic heterocycles. The van der Waals surface area contributed by atoms with Crippen molar-refractivity contribution in [3.63, 3.8) is 0 Å². The highest BCUT2D eigenvalue weighted by molar-refractivity contribution is 5.64. The monoisotopic (exact) mass is 447 g/mol. The van der Waals surface area contributed by atoms with Crippen LogP contribution in [0.15, 0.2) is 69.2 Å². The Kier molecular flexibility index (Phi) is 7.78. The van der Waals surface area contributed by atoms with Crippen molar-refractivity contribution in [3.05, 3.63) is 86.6 Å². The van der Waals surface area contributed by atoms with Crippen LogP contribution < -0.4 is 20.9 Å². The molecule has 33 heavy (non-hydrogen) atoms. The maximum atomic E-state index is 13.4. The molecule has 0 aliphatic heterocycles. The van der Waals surface area contributed by atoms with Crippen molar-refractivity contribution in [2.45, 2.75) is 19.5 Å². The van der Waals surface area contributed by atoms with Gasteiger partial charge in [0.25, 0.3) is 5.56 Å². The van der Waals surface area contributed by atoms with Crippen molar-refractivity contribution in [1.29, 1.82) is 5.26 Å². The van der Waals surface area contributed by atoms with Crippen molar-refractivity contribution in [2.24, 2.45) is 12.0 Å². The van der Waals surface area contributed by atoms with E-state index < -0.39 is 11.2 Å². The molecule has 0 atom stereocenters. The van der Waals surface area contributed by atoms with Crippen LogP contribution in [0.25, 0.3) is 0 Å². The molecule has 0 saturated heterocycles. The second-order valence-electron chi connectivity index (χ2n) is 7.30. The van der Waals surface area contributed by atoms with Gasteiger partial charge in [0.2, 0.25) is 0 Å². The lowest BCUT2D eigenvalue weighted by Crippen LogP contribution is -2.43. The predicted octanol–water partition coefficient (Wildman–Crippen LogP) is 2.18. The Bertz CT molecular complexity index is 1260. The molecule has 0 bridgehead atoms. The Labute approximate surface area is 191 Å². The third-order valence-electron chi connectivity index (χ3n) is 5.09. The van der Waals surface area contributed by atoms with Gasteiger partial charge in [0.1, 0.15) is 11.4 Å². The quantitative estimate of drug-likeness (QED) is 0.377. The zero-order chi connectivity index (χ0) is 23.8. The van der Waals surface area contributed by atoms with E-state index in [1.54, 1.807) is 29.2 Å². The van der Waals surface area contributed by atoms with Crippen LogP contribution in [0.2, 0.25) is 0 Å². The normalized spacial score (nSPS) is 10.5. The number of aliphatic hydroxyl groups is 1. The number of ether oxygens (including phenoxy) is 1. The van der Waals surface area contributed by atoms with E-state index in [0.717, 1.165) is 10.1 Å². The summed E-state index contributed by atoms with van der Waals surface area (Å²) < 4.78 is 8.27. The van der Waals surface area contributed by atoms with E-state index in [2.05, 4.69) is 17.8 Å². The lowest BCUT2D eigenvalue weighted by molar-refractivity contribution is 0.277. The molecule has 9 heteroatoms. The highest BCUT2D eigenvalue weighted by Crippen LogP contribution is 2.25. The minimum Gasteiger partial charge on any atom is -0.473 e. The molecule has 9 nitrogen and oxygen atoms in total. The van der Waals surface area contributed by atoms with Gasteiger partial charge >= 0.3 is 5.69 Å². The van der Waals surface area contributed by atoms with E-state index in [-0.39, 0.29) is 37.8 Å². The summed E-state index contributed by atoms with van der Waals surface area (Å²) in [5, 5.41) is 18.2. The molecule has 0 fully saturated rings. The zero-order valence-corrected chi connectivity index (χ0v) is 18.3. The molecule has 0 saturated carbocycles. The third kappa shape index (κ3) is 5.37. The maximum absolute atomic E-state index is 13.4. The van der Waals surface area contributed by atoms with Crippen molar-refractivity contribution in [3.8, 4) is 11.8 Å². The molecule has 3 rings (SSSR count). The van der Waals surface area contributed by atoms with Gasteiger partial charge < -0.3 is 14.7 Å². The number of aromatic nitrogens is 2. The fourth-order valence-electron chi connectivity index (χ4n) is 3.40. The highest BCUT2D eigenvalue weighted by Gasteiger charge is 2.23. The first-order valence-corrected chi connectivity index (χ1v) is 10.3. The number of hydrogen-bond donors (Lipinski definition) is 1. The van der Waals surface area contributed by atoms with Gasteiger partial charge in [0, 0.05) is 26.7 Å². The standard InChI is InChI=1S/C24H25N5O4/c1-26-22-21(23(31)29(13-6-14-30)24(32)27(22)2)28(16-19-7-4-3-5-8-19)17-33-20-11-9-18(15-25)10-12-20/h3-5,7-12,30H,1,6,13-14,16-17H2,2H3. The first-order chi connectivity index (χ1) is 16.0. The van der Waals surface area contributed by atoms with E-state index in [9.17, 15) is 14.7 Å². The fourth-order valence-corrected chi connectivity index (χ4v) is 3.40. The molecule has 0 radical (unpaired) electrons. The highest BCUT2D eigenvalue weighted by atomic mass is 16.5. The second-order valence-corrected chi connectivity index (χ2v) is 7.30. The van der Waals surface area contributed by atoms with E-state index in [1.807, 2.05) is 30.3 Å². The molecule has 1 heterocycles. The van der Waals surface area contributed by atoms with E-state index in [4.69, 9.17) is 10.00 Å². The Morgan fingerprint density at radius 2 is 1.85 bits per heavy atom. The summed E-state index contributed by atoms with van der Waals surface area (Å²) in [5.41, 5.74) is 0.528. The Morgan fingerprint density at radius 1 is 1.15 bits per heavy atom. The van der Waals surface area contributed by atoms with Gasteiger partial charge in [-0.25, -0.2) is 9.79 Å². The van der Waals surface area contributed by atoms with Crippen molar-refractivity contribution >= 4 is 18.2 Å². The van der Waals surface area contributed by atoms with Crippen LogP contribution in [-0.2, 0) is 20.1 Å². The molecule has 2 aromatic carbocycles. The molecule has 0 aliphatic rings. The van der Waals surface area contributed by atoms with E-state index in [1.165, 1.54) is 11.6 Å². The first kappa shape index (κ1) is 23.5. The largest absolute Gasteiger partial charge is 0.473 e. The Hall–Kier alpha value is -4.16. The molecule has 0 unspecified atom stereocenters. The lowest BCUT2D eigenvalue weighted by Gasteiger charge is -2.27. The van der Waals surface area contributed by atoms with Crippen LogP contribution in [0.5, 0.6) is 5.75 Å². The smallest absolute Gasteiger partial charge is 0.332 e. The van der Waals surface area contributed by atoms with E-state index >= 15 is 0 Å². The van der Waals surface area contributed by atoms with Gasteiger partial charge in [-0.05, 0) is 43.0 Å². The number of anilines is 1. The number of nitrogens with zero attached hydrogens (tertiary/aromatic N) is 5. The topological polar surface area (TPSA) is 113 Å². The van der Waals surface area contributed by atoms with Crippen LogP contribution in [0.3, 0.4) is 0 Å². The number of nitriles is 1. The molecule has 3 aromatic rings. The molecule has 0 amide bonds. The summed E-state index contributed by atoms with van der Waals surface area (Å²) in [5.74, 6) is 0.648. The minimum atomic E-state index is -0.535. The number of aliphatic imine (C=N–C) groups is 1. The average Bonchev–Trinajstić information content (AvgIpc) is 2.85. The summed E-state index contributed by atoms with van der Waals surface area (Å²) in [7, 11) is 1.52. The molecule has 1 N–H and O–H groups in total. The summed E-state index contributed by atoms with van der Waals surface area (Å²) >= 11 is 0. The maximum Gasteiger partial charge on any atom is 0.332 e. The number of aliphatic hydroxyl groups excluding tert-OH is 1. The average molecular weight is 447 g/mol. The number of hydrogen-bond acceptors (Lipinski definition) is 7. The van der Waals surface area contributed by atoms with Crippen LogP contribution in [-0.4, -0.2) is 34.3 Å². The summed E-state index contributed by atoms with van der Waals surface area (Å²) in [4.78, 5) is 31.8. The molecular weight excluding hydrogens is 422 g/mol. The van der Waals surface area contributed by atoms with Crippen molar-refractivity contribution in [2.75, 3.05) is 18.2 Å².